The van der Waals surface area contributed by atoms with Gasteiger partial charge in [-0.15, -0.1) is 11.3 Å². The number of carbonyl (C=O) groups is 2. The van der Waals surface area contributed by atoms with Gasteiger partial charge < -0.3 is 10.4 Å². The average molecular weight is 309 g/mol. The Kier molecular flexibility index (Phi) is 5.34. The normalized spacial score (nSPS) is 12.6. The molecular formula is C16H23NO3S. The van der Waals surface area contributed by atoms with Gasteiger partial charge in [-0.05, 0) is 43.9 Å². The van der Waals surface area contributed by atoms with Gasteiger partial charge in [0.1, 0.15) is 0 Å². The summed E-state index contributed by atoms with van der Waals surface area (Å²) in [5.74, 6) is -1.12. The van der Waals surface area contributed by atoms with Gasteiger partial charge in [0.05, 0.1) is 4.88 Å². The lowest BCUT2D eigenvalue weighted by molar-refractivity contribution is -0.131. The second-order valence-corrected chi connectivity index (χ2v) is 8.06. The summed E-state index contributed by atoms with van der Waals surface area (Å²) >= 11 is 1.28. The van der Waals surface area contributed by atoms with Crippen LogP contribution in [0.4, 0.5) is 0 Å². The van der Waals surface area contributed by atoms with Crippen LogP contribution in [0.1, 0.15) is 55.6 Å². The maximum atomic E-state index is 12.3. The zero-order chi connectivity index (χ0) is 16.3. The highest BCUT2D eigenvalue weighted by atomic mass is 32.1. The third-order valence-electron chi connectivity index (χ3n) is 2.66. The molecule has 0 radical (unpaired) electrons. The molecule has 1 amide bonds. The lowest BCUT2D eigenvalue weighted by Gasteiger charge is -2.33. The predicted molar refractivity (Wildman–Crippen MR) is 86.6 cm³/mol. The number of rotatable bonds is 5. The largest absolute Gasteiger partial charge is 0.478 e. The van der Waals surface area contributed by atoms with Gasteiger partial charge in [0, 0.05) is 16.5 Å². The Morgan fingerprint density at radius 3 is 2.38 bits per heavy atom. The van der Waals surface area contributed by atoms with Crippen LogP contribution in [0.15, 0.2) is 18.2 Å². The van der Waals surface area contributed by atoms with Crippen molar-refractivity contribution in [1.29, 1.82) is 0 Å². The van der Waals surface area contributed by atoms with Gasteiger partial charge in [0.25, 0.3) is 5.91 Å². The second-order valence-electron chi connectivity index (χ2n) is 6.95. The summed E-state index contributed by atoms with van der Waals surface area (Å²) in [4.78, 5) is 24.1. The summed E-state index contributed by atoms with van der Waals surface area (Å²) in [7, 11) is 0. The minimum Gasteiger partial charge on any atom is -0.478 e. The molecule has 1 rings (SSSR count). The van der Waals surface area contributed by atoms with E-state index in [1.54, 1.807) is 12.1 Å². The highest BCUT2D eigenvalue weighted by Gasteiger charge is 2.27. The van der Waals surface area contributed by atoms with Crippen LogP contribution in [0, 0.1) is 5.41 Å². The van der Waals surface area contributed by atoms with Crippen molar-refractivity contribution in [3.63, 3.8) is 0 Å². The van der Waals surface area contributed by atoms with E-state index in [1.165, 1.54) is 17.4 Å². The van der Waals surface area contributed by atoms with E-state index in [9.17, 15) is 9.59 Å². The minimum absolute atomic E-state index is 0.121. The van der Waals surface area contributed by atoms with Crippen molar-refractivity contribution in [3.8, 4) is 0 Å². The van der Waals surface area contributed by atoms with Crippen LogP contribution in [-0.2, 0) is 4.79 Å². The van der Waals surface area contributed by atoms with Gasteiger partial charge >= 0.3 is 5.97 Å². The first-order valence-corrected chi connectivity index (χ1v) is 7.64. The molecule has 5 heteroatoms. The average Bonchev–Trinajstić information content (AvgIpc) is 2.70. The summed E-state index contributed by atoms with van der Waals surface area (Å²) in [6, 6.07) is 3.46. The van der Waals surface area contributed by atoms with Crippen LogP contribution in [0.3, 0.4) is 0 Å². The molecule has 0 aromatic carbocycles. The fourth-order valence-corrected chi connectivity index (χ4v) is 3.26. The smallest absolute Gasteiger partial charge is 0.328 e. The lowest BCUT2D eigenvalue weighted by atomic mass is 9.82. The molecule has 0 aliphatic heterocycles. The van der Waals surface area contributed by atoms with Gasteiger partial charge in [0.15, 0.2) is 0 Å². The summed E-state index contributed by atoms with van der Waals surface area (Å²) in [6.07, 6.45) is 3.42. The number of carbonyl (C=O) groups excluding carboxylic acids is 1. The van der Waals surface area contributed by atoms with E-state index in [1.807, 2.05) is 13.8 Å². The first-order chi connectivity index (χ1) is 9.48. The zero-order valence-electron chi connectivity index (χ0n) is 13.2. The van der Waals surface area contributed by atoms with Crippen LogP contribution >= 0.6 is 11.3 Å². The van der Waals surface area contributed by atoms with Gasteiger partial charge in [-0.2, -0.15) is 0 Å². The van der Waals surface area contributed by atoms with Crippen LogP contribution in [0.2, 0.25) is 0 Å². The first kappa shape index (κ1) is 17.4. The monoisotopic (exact) mass is 309 g/mol. The summed E-state index contributed by atoms with van der Waals surface area (Å²) < 4.78 is 0. The molecule has 0 atom stereocenters. The van der Waals surface area contributed by atoms with E-state index >= 15 is 0 Å². The molecule has 21 heavy (non-hydrogen) atoms. The Morgan fingerprint density at radius 2 is 1.86 bits per heavy atom. The number of carboxylic acids is 1. The van der Waals surface area contributed by atoms with Crippen LogP contribution in [0.25, 0.3) is 6.08 Å². The van der Waals surface area contributed by atoms with Gasteiger partial charge in [-0.1, -0.05) is 20.8 Å². The van der Waals surface area contributed by atoms with Crippen molar-refractivity contribution >= 4 is 29.3 Å². The SMILES string of the molecule is CC(C)(C)CC(C)(C)NC(=O)c1ccc(C=CC(=O)O)s1. The van der Waals surface area contributed by atoms with E-state index in [-0.39, 0.29) is 16.9 Å². The Morgan fingerprint density at radius 1 is 1.24 bits per heavy atom. The molecule has 4 nitrogen and oxygen atoms in total. The topological polar surface area (TPSA) is 66.4 Å². The molecule has 0 spiro atoms. The summed E-state index contributed by atoms with van der Waals surface area (Å²) in [6.45, 7) is 10.4. The van der Waals surface area contributed by atoms with Gasteiger partial charge in [-0.3, -0.25) is 4.79 Å². The second kappa shape index (κ2) is 6.43. The van der Waals surface area contributed by atoms with Crippen molar-refractivity contribution in [2.75, 3.05) is 0 Å². The molecule has 0 aliphatic carbocycles. The van der Waals surface area contributed by atoms with Gasteiger partial charge in [-0.25, -0.2) is 4.79 Å². The molecule has 0 fully saturated rings. The highest BCUT2D eigenvalue weighted by molar-refractivity contribution is 7.14. The summed E-state index contributed by atoms with van der Waals surface area (Å²) in [5.41, 5.74) is -0.169. The Balaban J connectivity index is 2.74. The highest BCUT2D eigenvalue weighted by Crippen LogP contribution is 2.27. The van der Waals surface area contributed by atoms with E-state index in [0.29, 0.717) is 4.88 Å². The number of hydrogen-bond acceptors (Lipinski definition) is 3. The van der Waals surface area contributed by atoms with Crippen molar-refractivity contribution in [3.05, 3.63) is 28.0 Å². The quantitative estimate of drug-likeness (QED) is 0.813. The van der Waals surface area contributed by atoms with Crippen LogP contribution in [0.5, 0.6) is 0 Å². The maximum Gasteiger partial charge on any atom is 0.328 e. The number of amides is 1. The number of nitrogens with one attached hydrogen (secondary N) is 1. The standard InChI is InChI=1S/C16H23NO3S/c1-15(2,3)10-16(4,5)17-14(20)12-8-6-11(21-12)7-9-13(18)19/h6-9H,10H2,1-5H3,(H,17,20)(H,18,19). The van der Waals surface area contributed by atoms with E-state index in [4.69, 9.17) is 5.11 Å². The van der Waals surface area contributed by atoms with E-state index in [0.717, 1.165) is 17.4 Å². The Labute approximate surface area is 129 Å². The Bertz CT molecular complexity index is 550. The van der Waals surface area contributed by atoms with Crippen molar-refractivity contribution < 1.29 is 14.7 Å². The lowest BCUT2D eigenvalue weighted by Crippen LogP contribution is -2.45. The number of thiophene rings is 1. The summed E-state index contributed by atoms with van der Waals surface area (Å²) in [5, 5.41) is 11.6. The van der Waals surface area contributed by atoms with Crippen LogP contribution in [-0.4, -0.2) is 22.5 Å². The Hall–Kier alpha value is -1.62. The first-order valence-electron chi connectivity index (χ1n) is 6.82. The number of aliphatic carboxylic acids is 1. The molecule has 0 aliphatic rings. The molecule has 1 heterocycles. The zero-order valence-corrected chi connectivity index (χ0v) is 14.0. The molecule has 0 unspecified atom stereocenters. The molecule has 1 aromatic heterocycles. The maximum absolute atomic E-state index is 12.3. The van der Waals surface area contributed by atoms with Crippen molar-refractivity contribution in [2.24, 2.45) is 5.41 Å². The molecule has 1 aromatic rings. The third kappa shape index (κ3) is 6.58. The molecule has 0 bridgehead atoms. The van der Waals surface area contributed by atoms with Crippen LogP contribution < -0.4 is 5.32 Å². The predicted octanol–water partition coefficient (Wildman–Crippen LogP) is 3.79. The molecule has 0 saturated heterocycles. The molecular weight excluding hydrogens is 286 g/mol. The van der Waals surface area contributed by atoms with Gasteiger partial charge in [0.2, 0.25) is 0 Å². The fraction of sp³-hybridized carbons (Fsp3) is 0.500. The minimum atomic E-state index is -0.999. The molecule has 0 saturated carbocycles. The molecule has 116 valence electrons. The fourth-order valence-electron chi connectivity index (χ4n) is 2.46. The molecule has 2 N–H and O–H groups in total. The number of hydrogen-bond donors (Lipinski definition) is 2. The van der Waals surface area contributed by atoms with Crippen molar-refractivity contribution in [2.45, 2.75) is 46.6 Å². The number of carboxylic acid groups (broad SMARTS) is 1. The van der Waals surface area contributed by atoms with E-state index < -0.39 is 5.97 Å². The van der Waals surface area contributed by atoms with Crippen molar-refractivity contribution in [1.82, 2.24) is 5.32 Å². The van der Waals surface area contributed by atoms with E-state index in [2.05, 4.69) is 26.1 Å². The third-order valence-corrected chi connectivity index (χ3v) is 3.71.